The lowest BCUT2D eigenvalue weighted by molar-refractivity contribution is 0.0600. The van der Waals surface area contributed by atoms with Gasteiger partial charge < -0.3 is 19.5 Å². The molecule has 0 saturated heterocycles. The summed E-state index contributed by atoms with van der Waals surface area (Å²) in [6.07, 6.45) is 8.75. The van der Waals surface area contributed by atoms with Gasteiger partial charge in [0, 0.05) is 27.2 Å². The van der Waals surface area contributed by atoms with Crippen LogP contribution in [0.1, 0.15) is 56.5 Å². The molecule has 2 aromatic heterocycles. The molecule has 1 atom stereocenters. The van der Waals surface area contributed by atoms with Crippen molar-refractivity contribution in [1.82, 2.24) is 9.47 Å². The van der Waals surface area contributed by atoms with Gasteiger partial charge in [-0.05, 0) is 85.5 Å². The molecule has 1 N–H and O–H groups in total. The normalized spacial score (nSPS) is 16.2. The molecule has 1 aliphatic heterocycles. The number of rotatable bonds is 4. The molecular weight excluding hydrogens is 514 g/mol. The summed E-state index contributed by atoms with van der Waals surface area (Å²) in [5.41, 5.74) is 5.75. The average molecular weight is 544 g/mol. The molecule has 0 bridgehead atoms. The highest BCUT2D eigenvalue weighted by molar-refractivity contribution is 7.98. The first-order valence-corrected chi connectivity index (χ1v) is 14.8. The van der Waals surface area contributed by atoms with Crippen molar-refractivity contribution in [3.63, 3.8) is 0 Å². The summed E-state index contributed by atoms with van der Waals surface area (Å²) in [6, 6.07) is 19.1. The van der Waals surface area contributed by atoms with Gasteiger partial charge in [-0.25, -0.2) is 9.59 Å². The molecule has 2 aliphatic rings. The van der Waals surface area contributed by atoms with Gasteiger partial charge in [0.1, 0.15) is 5.00 Å². The first-order chi connectivity index (χ1) is 18.6. The van der Waals surface area contributed by atoms with E-state index in [1.807, 2.05) is 16.2 Å². The smallest absolute Gasteiger partial charge is 0.337 e. The fourth-order valence-corrected chi connectivity index (χ4v) is 7.37. The Balaban J connectivity index is 1.45. The standard InChI is InChI=1S/C30H29N3O3S2/c1-36-29(34)20-7-5-8-21(17-20)31-30(35)33-18-24-23-9-3-4-11-26(23)38-28(24)32-16-6-10-25(32)27(33)19-12-14-22(37-2)15-13-19/h5-8,10,12-17,27H,3-4,9,11,18H2,1-2H3,(H,31,35)/t27-/m0/s1. The maximum atomic E-state index is 14.1. The maximum Gasteiger partial charge on any atom is 0.337 e. The Morgan fingerprint density at radius 2 is 1.84 bits per heavy atom. The monoisotopic (exact) mass is 543 g/mol. The highest BCUT2D eigenvalue weighted by atomic mass is 32.2. The predicted molar refractivity (Wildman–Crippen MR) is 153 cm³/mol. The van der Waals surface area contributed by atoms with E-state index in [-0.39, 0.29) is 12.1 Å². The summed E-state index contributed by atoms with van der Waals surface area (Å²) in [5, 5.41) is 4.30. The molecule has 0 saturated carbocycles. The van der Waals surface area contributed by atoms with Crippen LogP contribution in [0.5, 0.6) is 0 Å². The Labute approximate surface area is 230 Å². The number of aryl methyl sites for hydroxylation is 1. The van der Waals surface area contributed by atoms with Gasteiger partial charge in [-0.2, -0.15) is 0 Å². The van der Waals surface area contributed by atoms with E-state index in [9.17, 15) is 9.59 Å². The number of benzene rings is 2. The van der Waals surface area contributed by atoms with Crippen molar-refractivity contribution in [3.8, 4) is 5.00 Å². The number of nitrogens with zero attached hydrogens (tertiary/aromatic N) is 2. The molecule has 38 heavy (non-hydrogen) atoms. The number of hydrogen-bond donors (Lipinski definition) is 1. The number of anilines is 1. The van der Waals surface area contributed by atoms with Gasteiger partial charge in [-0.15, -0.1) is 23.1 Å². The van der Waals surface area contributed by atoms with Gasteiger partial charge in [0.15, 0.2) is 0 Å². The van der Waals surface area contributed by atoms with Gasteiger partial charge >= 0.3 is 12.0 Å². The van der Waals surface area contributed by atoms with E-state index >= 15 is 0 Å². The van der Waals surface area contributed by atoms with E-state index in [1.165, 1.54) is 45.9 Å². The number of fused-ring (bicyclic) bond motifs is 5. The summed E-state index contributed by atoms with van der Waals surface area (Å²) >= 11 is 3.58. The third-order valence-corrected chi connectivity index (χ3v) is 9.48. The highest BCUT2D eigenvalue weighted by Crippen LogP contribution is 2.44. The number of nitrogens with one attached hydrogen (secondary N) is 1. The van der Waals surface area contributed by atoms with Crippen molar-refractivity contribution >= 4 is 40.8 Å². The van der Waals surface area contributed by atoms with Crippen molar-refractivity contribution in [2.75, 3.05) is 18.7 Å². The molecule has 2 aromatic carbocycles. The Hall–Kier alpha value is -3.49. The summed E-state index contributed by atoms with van der Waals surface area (Å²) < 4.78 is 7.16. The van der Waals surface area contributed by atoms with Crippen molar-refractivity contribution in [3.05, 3.63) is 99.7 Å². The van der Waals surface area contributed by atoms with Gasteiger partial charge in [-0.1, -0.05) is 18.2 Å². The zero-order valence-corrected chi connectivity index (χ0v) is 23.0. The van der Waals surface area contributed by atoms with Crippen molar-refractivity contribution in [1.29, 1.82) is 0 Å². The predicted octanol–water partition coefficient (Wildman–Crippen LogP) is 7.06. The second-order valence-corrected chi connectivity index (χ2v) is 11.6. The van der Waals surface area contributed by atoms with Crippen LogP contribution in [0.25, 0.3) is 5.00 Å². The first kappa shape index (κ1) is 24.8. The van der Waals surface area contributed by atoms with Gasteiger partial charge in [-0.3, -0.25) is 0 Å². The zero-order chi connectivity index (χ0) is 26.2. The Morgan fingerprint density at radius 3 is 2.63 bits per heavy atom. The molecule has 3 heterocycles. The Morgan fingerprint density at radius 1 is 1.03 bits per heavy atom. The van der Waals surface area contributed by atoms with E-state index in [0.717, 1.165) is 24.1 Å². The number of amides is 2. The van der Waals surface area contributed by atoms with Gasteiger partial charge in [0.2, 0.25) is 0 Å². The topological polar surface area (TPSA) is 63.6 Å². The molecule has 0 spiro atoms. The molecule has 0 radical (unpaired) electrons. The van der Waals surface area contributed by atoms with Crippen LogP contribution in [0.3, 0.4) is 0 Å². The molecule has 6 nitrogen and oxygen atoms in total. The van der Waals surface area contributed by atoms with Crippen molar-refractivity contribution < 1.29 is 14.3 Å². The Kier molecular flexibility index (Phi) is 6.76. The lowest BCUT2D eigenvalue weighted by Crippen LogP contribution is -2.38. The quantitative estimate of drug-likeness (QED) is 0.221. The van der Waals surface area contributed by atoms with Crippen LogP contribution >= 0.6 is 23.1 Å². The lowest BCUT2D eigenvalue weighted by Gasteiger charge is -2.31. The minimum atomic E-state index is -0.435. The van der Waals surface area contributed by atoms with Crippen molar-refractivity contribution in [2.24, 2.45) is 0 Å². The second kappa shape index (κ2) is 10.3. The average Bonchev–Trinajstić information content (AvgIpc) is 3.54. The number of esters is 1. The number of aromatic nitrogens is 1. The number of urea groups is 1. The molecule has 194 valence electrons. The summed E-state index contributed by atoms with van der Waals surface area (Å²) in [4.78, 5) is 30.8. The second-order valence-electron chi connectivity index (χ2n) is 9.60. The number of ether oxygens (including phenoxy) is 1. The molecule has 4 aromatic rings. The SMILES string of the molecule is COC(=O)c1cccc(NC(=O)N2Cc3c(sc4c3CCCC4)-n3cccc3[C@@H]2c2ccc(SC)cc2)c1. The number of thiophene rings is 1. The molecule has 0 fully saturated rings. The third-order valence-electron chi connectivity index (χ3n) is 7.41. The van der Waals surface area contributed by atoms with Crippen LogP contribution < -0.4 is 5.32 Å². The summed E-state index contributed by atoms with van der Waals surface area (Å²) in [5.74, 6) is -0.435. The van der Waals surface area contributed by atoms with Crippen LogP contribution in [-0.4, -0.2) is 34.8 Å². The first-order valence-electron chi connectivity index (χ1n) is 12.8. The number of methoxy groups -OCH3 is 1. The minimum Gasteiger partial charge on any atom is -0.465 e. The fourth-order valence-electron chi connectivity index (χ4n) is 5.56. The van der Waals surface area contributed by atoms with Crippen LogP contribution in [0.2, 0.25) is 0 Å². The molecule has 6 rings (SSSR count). The molecule has 2 amide bonds. The number of hydrogen-bond acceptors (Lipinski definition) is 5. The molecule has 1 aliphatic carbocycles. The zero-order valence-electron chi connectivity index (χ0n) is 21.4. The van der Waals surface area contributed by atoms with Crippen LogP contribution in [0, 0.1) is 0 Å². The van der Waals surface area contributed by atoms with E-state index in [4.69, 9.17) is 4.74 Å². The highest BCUT2D eigenvalue weighted by Gasteiger charge is 2.36. The number of carbonyl (C=O) groups is 2. The van der Waals surface area contributed by atoms with Crippen molar-refractivity contribution in [2.45, 2.75) is 43.2 Å². The number of thioether (sulfide) groups is 1. The van der Waals surface area contributed by atoms with E-state index < -0.39 is 5.97 Å². The fraction of sp³-hybridized carbons (Fsp3) is 0.267. The molecular formula is C30H29N3O3S2. The van der Waals surface area contributed by atoms with E-state index in [1.54, 1.807) is 36.0 Å². The molecule has 8 heteroatoms. The van der Waals surface area contributed by atoms with Gasteiger partial charge in [0.05, 0.1) is 31.0 Å². The molecule has 0 unspecified atom stereocenters. The van der Waals surface area contributed by atoms with Crippen LogP contribution in [0.15, 0.2) is 71.8 Å². The van der Waals surface area contributed by atoms with E-state index in [0.29, 0.717) is 17.8 Å². The van der Waals surface area contributed by atoms with Gasteiger partial charge in [0.25, 0.3) is 0 Å². The van der Waals surface area contributed by atoms with E-state index in [2.05, 4.69) is 58.7 Å². The van der Waals surface area contributed by atoms with Crippen LogP contribution in [0.4, 0.5) is 10.5 Å². The Bertz CT molecular complexity index is 1510. The summed E-state index contributed by atoms with van der Waals surface area (Å²) in [7, 11) is 1.35. The number of carbonyl (C=O) groups excluding carboxylic acids is 2. The maximum absolute atomic E-state index is 14.1. The van der Waals surface area contributed by atoms with Crippen LogP contribution in [-0.2, 0) is 24.1 Å². The summed E-state index contributed by atoms with van der Waals surface area (Å²) in [6.45, 7) is 0.514. The largest absolute Gasteiger partial charge is 0.465 e. The minimum absolute atomic E-state index is 0.206. The lowest BCUT2D eigenvalue weighted by atomic mass is 9.95. The third kappa shape index (κ3) is 4.41.